The van der Waals surface area contributed by atoms with Gasteiger partial charge in [0.1, 0.15) is 0 Å². The third kappa shape index (κ3) is 5.61. The Morgan fingerprint density at radius 1 is 1.30 bits per heavy atom. The van der Waals surface area contributed by atoms with Crippen molar-refractivity contribution in [2.24, 2.45) is 0 Å². The first-order valence-corrected chi connectivity index (χ1v) is 3.90. The van der Waals surface area contributed by atoms with Crippen molar-refractivity contribution in [3.8, 4) is 0 Å². The molecule has 10 heavy (non-hydrogen) atoms. The Labute approximate surface area is 64.6 Å². The predicted molar refractivity (Wildman–Crippen MR) is 46.8 cm³/mol. The third-order valence-electron chi connectivity index (χ3n) is 1.47. The summed E-state index contributed by atoms with van der Waals surface area (Å²) < 4.78 is 0. The molecule has 57 valence electrons. The molecular weight excluding hydrogens is 120 g/mol. The lowest BCUT2D eigenvalue weighted by atomic mass is 10.1. The van der Waals surface area contributed by atoms with Gasteiger partial charge in [-0.15, -0.1) is 0 Å². The van der Waals surface area contributed by atoms with Crippen LogP contribution in [0.5, 0.6) is 0 Å². The third-order valence-corrected chi connectivity index (χ3v) is 1.47. The maximum absolute atomic E-state index is 5.53. The first-order chi connectivity index (χ1) is 4.66. The molecule has 0 saturated carbocycles. The van der Waals surface area contributed by atoms with E-state index in [1.807, 2.05) is 6.92 Å². The summed E-state index contributed by atoms with van der Waals surface area (Å²) in [5, 5.41) is 0. The van der Waals surface area contributed by atoms with Crippen molar-refractivity contribution >= 4 is 0 Å². The summed E-state index contributed by atoms with van der Waals surface area (Å²) in [6.45, 7) is 11.8. The van der Waals surface area contributed by atoms with Crippen molar-refractivity contribution in [1.82, 2.24) is 0 Å². The Hall–Kier alpha value is -0.520. The summed E-state index contributed by atoms with van der Waals surface area (Å²) in [4.78, 5) is 0. The van der Waals surface area contributed by atoms with E-state index in [1.54, 1.807) is 0 Å². The molecule has 0 unspecified atom stereocenters. The van der Waals surface area contributed by atoms with Gasteiger partial charge in [0.05, 0.1) is 0 Å². The summed E-state index contributed by atoms with van der Waals surface area (Å²) in [5.41, 5.74) is 2.48. The molecule has 0 aromatic heterocycles. The van der Waals surface area contributed by atoms with Gasteiger partial charge in [0.2, 0.25) is 0 Å². The van der Waals surface area contributed by atoms with Crippen LogP contribution in [-0.2, 0) is 0 Å². The van der Waals surface area contributed by atoms with E-state index in [1.165, 1.54) is 5.57 Å². The lowest BCUT2D eigenvalue weighted by Gasteiger charge is -1.98. The first-order valence-electron chi connectivity index (χ1n) is 3.90. The molecule has 0 aliphatic rings. The predicted octanol–water partition coefficient (Wildman–Crippen LogP) is 3.50. The molecule has 0 rings (SSSR count). The van der Waals surface area contributed by atoms with Crippen molar-refractivity contribution in [2.45, 2.75) is 40.0 Å². The van der Waals surface area contributed by atoms with Gasteiger partial charge in [0, 0.05) is 0 Å². The van der Waals surface area contributed by atoms with Crippen LogP contribution in [0.4, 0.5) is 0 Å². The quantitative estimate of drug-likeness (QED) is 0.520. The van der Waals surface area contributed by atoms with Crippen LogP contribution in [0.25, 0.3) is 0 Å². The van der Waals surface area contributed by atoms with Crippen molar-refractivity contribution in [3.05, 3.63) is 23.8 Å². The Morgan fingerprint density at radius 2 is 1.90 bits per heavy atom. The van der Waals surface area contributed by atoms with E-state index in [9.17, 15) is 0 Å². The topological polar surface area (TPSA) is 0 Å². The fourth-order valence-corrected chi connectivity index (χ4v) is 0.845. The Bertz CT molecular complexity index is 129. The molecule has 0 atom stereocenters. The standard InChI is InChI=1S/C10H17/c1-5-6-10(4)8-7-9(2)3/h2,6H,5,7-8H2,1,3-4H3/b9-2?,10-6+. The highest BCUT2D eigenvalue weighted by Crippen LogP contribution is 2.08. The van der Waals surface area contributed by atoms with Gasteiger partial charge in [-0.05, 0) is 33.1 Å². The zero-order valence-electron chi connectivity index (χ0n) is 7.28. The largest absolute Gasteiger partial charge is 0.0859 e. The highest BCUT2D eigenvalue weighted by Gasteiger charge is 1.89. The first kappa shape index (κ1) is 9.48. The van der Waals surface area contributed by atoms with Crippen molar-refractivity contribution in [2.75, 3.05) is 0 Å². The minimum absolute atomic E-state index is 1.03. The monoisotopic (exact) mass is 137 g/mol. The summed E-state index contributed by atoms with van der Waals surface area (Å²) in [6.07, 6.45) is 5.54. The minimum Gasteiger partial charge on any atom is -0.0859 e. The second-order valence-corrected chi connectivity index (χ2v) is 2.81. The Kier molecular flexibility index (Phi) is 5.00. The van der Waals surface area contributed by atoms with Gasteiger partial charge in [-0.3, -0.25) is 0 Å². The molecule has 0 heteroatoms. The number of allylic oxidation sites excluding steroid dienone is 3. The maximum Gasteiger partial charge on any atom is -0.0283 e. The molecule has 0 aliphatic carbocycles. The van der Waals surface area contributed by atoms with Crippen LogP contribution in [0.2, 0.25) is 0 Å². The average molecular weight is 137 g/mol. The molecule has 0 bridgehead atoms. The van der Waals surface area contributed by atoms with E-state index >= 15 is 0 Å². The lowest BCUT2D eigenvalue weighted by molar-refractivity contribution is 0.915. The van der Waals surface area contributed by atoms with Crippen molar-refractivity contribution < 1.29 is 0 Å². The molecular formula is C10H17. The van der Waals surface area contributed by atoms with Crippen molar-refractivity contribution in [1.29, 1.82) is 0 Å². The van der Waals surface area contributed by atoms with Gasteiger partial charge >= 0.3 is 0 Å². The average Bonchev–Trinajstić information content (AvgIpc) is 1.85. The summed E-state index contributed by atoms with van der Waals surface area (Å²) in [6, 6.07) is 0. The SMILES string of the molecule is [CH]=C(C)CC/C(C)=C/CC. The Morgan fingerprint density at radius 3 is 2.30 bits per heavy atom. The lowest BCUT2D eigenvalue weighted by Crippen LogP contribution is -1.78. The van der Waals surface area contributed by atoms with E-state index in [-0.39, 0.29) is 0 Å². The molecule has 0 aromatic rings. The van der Waals surface area contributed by atoms with E-state index in [4.69, 9.17) is 6.58 Å². The summed E-state index contributed by atoms with van der Waals surface area (Å²) in [7, 11) is 0. The van der Waals surface area contributed by atoms with Crippen LogP contribution in [0.3, 0.4) is 0 Å². The van der Waals surface area contributed by atoms with Gasteiger partial charge in [0.15, 0.2) is 0 Å². The molecule has 0 aromatic carbocycles. The molecule has 0 spiro atoms. The van der Waals surface area contributed by atoms with E-state index < -0.39 is 0 Å². The van der Waals surface area contributed by atoms with Crippen LogP contribution in [0.1, 0.15) is 40.0 Å². The van der Waals surface area contributed by atoms with Gasteiger partial charge in [0.25, 0.3) is 0 Å². The van der Waals surface area contributed by atoms with Gasteiger partial charge in [-0.25, -0.2) is 0 Å². The second-order valence-electron chi connectivity index (χ2n) is 2.81. The van der Waals surface area contributed by atoms with Crippen molar-refractivity contribution in [3.63, 3.8) is 0 Å². The molecule has 0 aliphatic heterocycles. The molecule has 0 nitrogen and oxygen atoms in total. The molecule has 0 amide bonds. The summed E-state index contributed by atoms with van der Waals surface area (Å²) >= 11 is 0. The highest BCUT2D eigenvalue weighted by atomic mass is 13.9. The van der Waals surface area contributed by atoms with Crippen LogP contribution in [-0.4, -0.2) is 0 Å². The van der Waals surface area contributed by atoms with Gasteiger partial charge in [-0.2, -0.15) is 0 Å². The van der Waals surface area contributed by atoms with Crippen LogP contribution in [0, 0.1) is 6.58 Å². The zero-order chi connectivity index (χ0) is 7.98. The molecule has 0 N–H and O–H groups in total. The number of hydrogen-bond donors (Lipinski definition) is 0. The normalized spacial score (nSPS) is 11.7. The Balaban J connectivity index is 3.48. The molecule has 0 heterocycles. The molecule has 0 saturated heterocycles. The summed E-state index contributed by atoms with van der Waals surface area (Å²) in [5.74, 6) is 0. The fraction of sp³-hybridized carbons (Fsp3) is 0.600. The highest BCUT2D eigenvalue weighted by molar-refractivity contribution is 5.00. The second kappa shape index (κ2) is 5.28. The van der Waals surface area contributed by atoms with Gasteiger partial charge < -0.3 is 0 Å². The van der Waals surface area contributed by atoms with E-state index in [0.29, 0.717) is 0 Å². The van der Waals surface area contributed by atoms with E-state index in [0.717, 1.165) is 24.8 Å². The molecule has 0 fully saturated rings. The van der Waals surface area contributed by atoms with Gasteiger partial charge in [-0.1, -0.05) is 30.7 Å². The van der Waals surface area contributed by atoms with Crippen LogP contribution >= 0.6 is 0 Å². The van der Waals surface area contributed by atoms with Crippen LogP contribution in [0.15, 0.2) is 17.2 Å². The number of rotatable bonds is 4. The molecule has 1 radical (unpaired) electrons. The maximum atomic E-state index is 5.53. The van der Waals surface area contributed by atoms with Crippen LogP contribution < -0.4 is 0 Å². The van der Waals surface area contributed by atoms with E-state index in [2.05, 4.69) is 19.9 Å². The minimum atomic E-state index is 1.03. The zero-order valence-corrected chi connectivity index (χ0v) is 7.28. The fourth-order valence-electron chi connectivity index (χ4n) is 0.845. The smallest absolute Gasteiger partial charge is 0.0283 e. The number of hydrogen-bond acceptors (Lipinski definition) is 0.